The van der Waals surface area contributed by atoms with E-state index in [9.17, 15) is 24.8 Å². The number of thiophene rings is 1. The first-order valence-electron chi connectivity index (χ1n) is 10.4. The van der Waals surface area contributed by atoms with Crippen LogP contribution in [0.5, 0.6) is 0 Å². The molecule has 0 fully saturated rings. The molecule has 4 aromatic rings. The molecule has 1 amide bonds. The summed E-state index contributed by atoms with van der Waals surface area (Å²) in [5.41, 5.74) is 1.45. The van der Waals surface area contributed by atoms with Crippen LogP contribution in [0.4, 0.5) is 10.8 Å². The second kappa shape index (κ2) is 8.81. The standard InChI is InChI=1S/C24H17N3O5S2/c28-17(11-8-14-5-2-1-3-6-14)20-21(18-7-4-12-33-18)26(23(30)22(20)29)24-25-16-10-9-15(27(31)32)13-19(16)34-24/h1-7,9-10,12-13,21,29H,8,11H2. The van der Waals surface area contributed by atoms with Crippen molar-refractivity contribution < 1.29 is 19.6 Å². The molecule has 0 aliphatic carbocycles. The maximum atomic E-state index is 13.3. The number of rotatable bonds is 7. The van der Waals surface area contributed by atoms with Gasteiger partial charge in [-0.3, -0.25) is 24.6 Å². The molecule has 0 saturated carbocycles. The van der Waals surface area contributed by atoms with Gasteiger partial charge in [0.05, 0.1) is 20.7 Å². The predicted molar refractivity (Wildman–Crippen MR) is 130 cm³/mol. The van der Waals surface area contributed by atoms with E-state index < -0.39 is 22.6 Å². The molecule has 5 rings (SSSR count). The van der Waals surface area contributed by atoms with E-state index in [0.717, 1.165) is 16.9 Å². The molecule has 0 radical (unpaired) electrons. The van der Waals surface area contributed by atoms with Crippen LogP contribution in [0.2, 0.25) is 0 Å². The Kier molecular flexibility index (Phi) is 5.68. The number of hydrogen-bond acceptors (Lipinski definition) is 8. The predicted octanol–water partition coefficient (Wildman–Crippen LogP) is 5.37. The molecule has 34 heavy (non-hydrogen) atoms. The number of ketones is 1. The number of carbonyl (C=O) groups is 2. The molecule has 8 nitrogen and oxygen atoms in total. The molecule has 1 unspecified atom stereocenters. The molecule has 1 N–H and O–H groups in total. The molecule has 2 aromatic carbocycles. The SMILES string of the molecule is O=C(CCc1ccccc1)C1=C(O)C(=O)N(c2nc3ccc([N+](=O)[O-])cc3s2)C1c1cccs1. The number of nitrogens with zero attached hydrogens (tertiary/aromatic N) is 3. The third kappa shape index (κ3) is 3.87. The van der Waals surface area contributed by atoms with Crippen LogP contribution in [0.25, 0.3) is 10.2 Å². The van der Waals surface area contributed by atoms with E-state index >= 15 is 0 Å². The normalized spacial score (nSPS) is 15.9. The number of anilines is 1. The average molecular weight is 492 g/mol. The minimum absolute atomic E-state index is 0.0496. The first kappa shape index (κ1) is 21.9. The molecule has 170 valence electrons. The number of aryl methyl sites for hydroxylation is 1. The van der Waals surface area contributed by atoms with Crippen molar-refractivity contribution in [1.29, 1.82) is 0 Å². The van der Waals surface area contributed by atoms with Crippen LogP contribution in [0, 0.1) is 10.1 Å². The van der Waals surface area contributed by atoms with Crippen molar-refractivity contribution >= 4 is 55.4 Å². The minimum atomic E-state index is -0.814. The fourth-order valence-electron chi connectivity index (χ4n) is 3.96. The van der Waals surface area contributed by atoms with E-state index in [1.54, 1.807) is 6.07 Å². The lowest BCUT2D eigenvalue weighted by molar-refractivity contribution is -0.384. The molecule has 1 atom stereocenters. The molecule has 0 saturated heterocycles. The zero-order valence-electron chi connectivity index (χ0n) is 17.6. The third-order valence-electron chi connectivity index (χ3n) is 5.58. The fraction of sp³-hybridized carbons (Fsp3) is 0.125. The van der Waals surface area contributed by atoms with E-state index in [1.165, 1.54) is 34.4 Å². The van der Waals surface area contributed by atoms with Gasteiger partial charge in [0.15, 0.2) is 16.7 Å². The van der Waals surface area contributed by atoms with Gasteiger partial charge in [0, 0.05) is 23.4 Å². The van der Waals surface area contributed by atoms with E-state index in [0.29, 0.717) is 21.5 Å². The number of nitro groups is 1. The Morgan fingerprint density at radius 1 is 1.15 bits per heavy atom. The molecule has 1 aliphatic heterocycles. The Morgan fingerprint density at radius 3 is 2.65 bits per heavy atom. The quantitative estimate of drug-likeness (QED) is 0.275. The summed E-state index contributed by atoms with van der Waals surface area (Å²) in [5.74, 6) is -1.61. The number of fused-ring (bicyclic) bond motifs is 1. The number of non-ortho nitro benzene ring substituents is 1. The second-order valence-electron chi connectivity index (χ2n) is 7.67. The average Bonchev–Trinajstić information content (AvgIpc) is 3.56. The van der Waals surface area contributed by atoms with Crippen LogP contribution < -0.4 is 4.90 Å². The van der Waals surface area contributed by atoms with Crippen LogP contribution in [-0.4, -0.2) is 26.7 Å². The van der Waals surface area contributed by atoms with Gasteiger partial charge in [-0.15, -0.1) is 11.3 Å². The largest absolute Gasteiger partial charge is 0.503 e. The molecular formula is C24H17N3O5S2. The number of nitro benzene ring substituents is 1. The lowest BCUT2D eigenvalue weighted by Crippen LogP contribution is -2.30. The Hall–Kier alpha value is -3.89. The van der Waals surface area contributed by atoms with Crippen molar-refractivity contribution in [2.75, 3.05) is 4.90 Å². The summed E-state index contributed by atoms with van der Waals surface area (Å²) in [7, 11) is 0. The Labute approximate surface area is 201 Å². The van der Waals surface area contributed by atoms with Crippen molar-refractivity contribution in [3.05, 3.63) is 97.9 Å². The topological polar surface area (TPSA) is 114 Å². The Balaban J connectivity index is 1.52. The second-order valence-corrected chi connectivity index (χ2v) is 9.66. The summed E-state index contributed by atoms with van der Waals surface area (Å²) in [6, 6.07) is 16.6. The fourth-order valence-corrected chi connectivity index (χ4v) is 5.81. The van der Waals surface area contributed by atoms with Gasteiger partial charge in [-0.1, -0.05) is 47.7 Å². The zero-order chi connectivity index (χ0) is 23.8. The van der Waals surface area contributed by atoms with Gasteiger partial charge < -0.3 is 5.11 Å². The molecule has 3 heterocycles. The lowest BCUT2D eigenvalue weighted by atomic mass is 9.97. The maximum Gasteiger partial charge on any atom is 0.296 e. The molecule has 0 spiro atoms. The zero-order valence-corrected chi connectivity index (χ0v) is 19.2. The van der Waals surface area contributed by atoms with Gasteiger partial charge in [-0.25, -0.2) is 4.98 Å². The number of aliphatic hydroxyl groups excluding tert-OH is 1. The number of thiazole rings is 1. The van der Waals surface area contributed by atoms with E-state index in [1.807, 2.05) is 41.8 Å². The summed E-state index contributed by atoms with van der Waals surface area (Å²) < 4.78 is 0.533. The van der Waals surface area contributed by atoms with Gasteiger partial charge in [0.25, 0.3) is 11.6 Å². The van der Waals surface area contributed by atoms with Crippen LogP contribution >= 0.6 is 22.7 Å². The molecular weight excluding hydrogens is 474 g/mol. The van der Waals surface area contributed by atoms with Gasteiger partial charge >= 0.3 is 0 Å². The molecule has 10 heteroatoms. The Morgan fingerprint density at radius 2 is 1.94 bits per heavy atom. The van der Waals surface area contributed by atoms with Crippen LogP contribution in [0.3, 0.4) is 0 Å². The molecule has 0 bridgehead atoms. The monoisotopic (exact) mass is 491 g/mol. The summed E-state index contributed by atoms with van der Waals surface area (Å²) in [6.45, 7) is 0. The highest BCUT2D eigenvalue weighted by Crippen LogP contribution is 2.45. The van der Waals surface area contributed by atoms with Crippen LogP contribution in [-0.2, 0) is 16.0 Å². The number of benzene rings is 2. The van der Waals surface area contributed by atoms with Crippen molar-refractivity contribution in [2.24, 2.45) is 0 Å². The maximum absolute atomic E-state index is 13.3. The number of aliphatic hydroxyl groups is 1. The van der Waals surface area contributed by atoms with Gasteiger partial charge in [-0.05, 0) is 29.5 Å². The summed E-state index contributed by atoms with van der Waals surface area (Å²) in [5, 5.41) is 24.0. The van der Waals surface area contributed by atoms with Crippen LogP contribution in [0.1, 0.15) is 22.9 Å². The summed E-state index contributed by atoms with van der Waals surface area (Å²) in [4.78, 5) is 43.6. The number of Topliss-reactive ketones (excluding diaryl/α,β-unsaturated/α-hetero) is 1. The summed E-state index contributed by atoms with van der Waals surface area (Å²) in [6.07, 6.45) is 0.616. The van der Waals surface area contributed by atoms with Gasteiger partial charge in [-0.2, -0.15) is 0 Å². The first-order chi connectivity index (χ1) is 16.4. The molecule has 2 aromatic heterocycles. The minimum Gasteiger partial charge on any atom is -0.503 e. The smallest absolute Gasteiger partial charge is 0.296 e. The van der Waals surface area contributed by atoms with Crippen molar-refractivity contribution in [3.8, 4) is 0 Å². The molecule has 1 aliphatic rings. The van der Waals surface area contributed by atoms with Crippen molar-refractivity contribution in [3.63, 3.8) is 0 Å². The number of amides is 1. The lowest BCUT2D eigenvalue weighted by Gasteiger charge is -2.23. The van der Waals surface area contributed by atoms with E-state index in [2.05, 4.69) is 4.98 Å². The van der Waals surface area contributed by atoms with Gasteiger partial charge in [0.1, 0.15) is 6.04 Å². The van der Waals surface area contributed by atoms with E-state index in [-0.39, 0.29) is 28.6 Å². The highest BCUT2D eigenvalue weighted by Gasteiger charge is 2.45. The summed E-state index contributed by atoms with van der Waals surface area (Å²) >= 11 is 2.47. The highest BCUT2D eigenvalue weighted by atomic mass is 32.1. The third-order valence-corrected chi connectivity index (χ3v) is 7.52. The number of aromatic nitrogens is 1. The highest BCUT2D eigenvalue weighted by molar-refractivity contribution is 7.22. The van der Waals surface area contributed by atoms with E-state index in [4.69, 9.17) is 0 Å². The van der Waals surface area contributed by atoms with Crippen molar-refractivity contribution in [1.82, 2.24) is 4.98 Å². The van der Waals surface area contributed by atoms with Crippen LogP contribution in [0.15, 0.2) is 77.4 Å². The number of hydrogen-bond donors (Lipinski definition) is 1. The number of carbonyl (C=O) groups excluding carboxylic acids is 2. The van der Waals surface area contributed by atoms with Gasteiger partial charge in [0.2, 0.25) is 0 Å². The Bertz CT molecular complexity index is 1440. The first-order valence-corrected chi connectivity index (χ1v) is 12.1. The van der Waals surface area contributed by atoms with Crippen molar-refractivity contribution in [2.45, 2.75) is 18.9 Å².